The minimum atomic E-state index is -0.0376. The van der Waals surface area contributed by atoms with E-state index < -0.39 is 0 Å². The van der Waals surface area contributed by atoms with Crippen molar-refractivity contribution in [3.8, 4) is 11.1 Å². The van der Waals surface area contributed by atoms with Crippen molar-refractivity contribution in [1.29, 1.82) is 0 Å². The summed E-state index contributed by atoms with van der Waals surface area (Å²) in [6.45, 7) is 4.68. The largest absolute Gasteiger partial charge is 0.369 e. The number of nitrogens with zero attached hydrogens (tertiary/aromatic N) is 2. The summed E-state index contributed by atoms with van der Waals surface area (Å²) >= 11 is 1.66. The maximum absolute atomic E-state index is 12.7. The van der Waals surface area contributed by atoms with Gasteiger partial charge in [-0.25, -0.2) is 9.97 Å². The Balaban J connectivity index is 1.34. The van der Waals surface area contributed by atoms with Gasteiger partial charge in [0, 0.05) is 34.5 Å². The lowest BCUT2D eigenvalue weighted by Gasteiger charge is -2.11. The number of thiophene rings is 1. The normalized spacial score (nSPS) is 11.1. The Kier molecular flexibility index (Phi) is 5.75. The first-order chi connectivity index (χ1) is 16.1. The highest BCUT2D eigenvalue weighted by molar-refractivity contribution is 7.19. The Labute approximate surface area is 196 Å². The topological polar surface area (TPSA) is 66.9 Å². The third-order valence-electron chi connectivity index (χ3n) is 5.71. The number of amides is 1. The third kappa shape index (κ3) is 4.30. The Morgan fingerprint density at radius 1 is 0.939 bits per heavy atom. The van der Waals surface area contributed by atoms with Gasteiger partial charge in [-0.1, -0.05) is 66.2 Å². The molecule has 6 heteroatoms. The molecule has 0 aliphatic carbocycles. The fourth-order valence-electron chi connectivity index (χ4n) is 4.09. The van der Waals surface area contributed by atoms with Crippen molar-refractivity contribution in [1.82, 2.24) is 9.97 Å². The zero-order chi connectivity index (χ0) is 22.8. The van der Waals surface area contributed by atoms with E-state index in [1.165, 1.54) is 10.4 Å². The van der Waals surface area contributed by atoms with Crippen LogP contribution < -0.4 is 10.6 Å². The number of benzene rings is 3. The predicted octanol–water partition coefficient (Wildman–Crippen LogP) is 6.57. The van der Waals surface area contributed by atoms with Crippen molar-refractivity contribution in [2.24, 2.45) is 0 Å². The van der Waals surface area contributed by atoms with Gasteiger partial charge in [0.05, 0.1) is 5.39 Å². The van der Waals surface area contributed by atoms with Crippen LogP contribution in [-0.2, 0) is 4.79 Å². The van der Waals surface area contributed by atoms with Crippen LogP contribution in [0.1, 0.15) is 16.9 Å². The number of nitrogens with one attached hydrogen (secondary N) is 2. The van der Waals surface area contributed by atoms with Gasteiger partial charge < -0.3 is 10.6 Å². The summed E-state index contributed by atoms with van der Waals surface area (Å²) in [6, 6.07) is 22.5. The van der Waals surface area contributed by atoms with E-state index in [0.29, 0.717) is 13.0 Å². The number of aryl methyl sites for hydroxylation is 2. The molecule has 5 rings (SSSR count). The molecule has 0 saturated carbocycles. The van der Waals surface area contributed by atoms with Crippen molar-refractivity contribution in [2.75, 3.05) is 17.2 Å². The lowest BCUT2D eigenvalue weighted by Crippen LogP contribution is -2.17. The van der Waals surface area contributed by atoms with Crippen LogP contribution >= 0.6 is 11.3 Å². The molecule has 2 N–H and O–H groups in total. The average Bonchev–Trinajstić information content (AvgIpc) is 3.16. The van der Waals surface area contributed by atoms with Gasteiger partial charge in [-0.15, -0.1) is 11.3 Å². The van der Waals surface area contributed by atoms with Gasteiger partial charge in [0.25, 0.3) is 0 Å². The second-order valence-corrected chi connectivity index (χ2v) is 9.26. The zero-order valence-electron chi connectivity index (χ0n) is 18.6. The van der Waals surface area contributed by atoms with Crippen molar-refractivity contribution in [3.63, 3.8) is 0 Å². The van der Waals surface area contributed by atoms with E-state index in [2.05, 4.69) is 58.7 Å². The first-order valence-corrected chi connectivity index (χ1v) is 11.7. The van der Waals surface area contributed by atoms with Gasteiger partial charge in [-0.2, -0.15) is 0 Å². The molecular formula is C27H24N4OS. The van der Waals surface area contributed by atoms with Crippen LogP contribution in [0.5, 0.6) is 0 Å². The molecule has 33 heavy (non-hydrogen) atoms. The second-order valence-electron chi connectivity index (χ2n) is 8.05. The molecule has 0 aliphatic rings. The summed E-state index contributed by atoms with van der Waals surface area (Å²) in [7, 11) is 0. The summed E-state index contributed by atoms with van der Waals surface area (Å²) in [4.78, 5) is 23.8. The molecule has 0 bridgehead atoms. The van der Waals surface area contributed by atoms with Gasteiger partial charge in [-0.3, -0.25) is 4.79 Å². The van der Waals surface area contributed by atoms with E-state index in [0.717, 1.165) is 43.6 Å². The van der Waals surface area contributed by atoms with Crippen molar-refractivity contribution in [3.05, 3.63) is 83.5 Å². The molecule has 2 heterocycles. The van der Waals surface area contributed by atoms with Crippen LogP contribution in [0.25, 0.3) is 32.1 Å². The second kappa shape index (κ2) is 9.00. The van der Waals surface area contributed by atoms with Crippen LogP contribution in [0, 0.1) is 13.8 Å². The summed E-state index contributed by atoms with van der Waals surface area (Å²) in [5.41, 5.74) is 4.36. The average molecular weight is 453 g/mol. The quantitative estimate of drug-likeness (QED) is 0.306. The molecule has 0 fully saturated rings. The molecule has 0 radical (unpaired) electrons. The monoisotopic (exact) mass is 452 g/mol. The Morgan fingerprint density at radius 3 is 2.58 bits per heavy atom. The van der Waals surface area contributed by atoms with Crippen molar-refractivity contribution in [2.45, 2.75) is 20.3 Å². The van der Waals surface area contributed by atoms with Gasteiger partial charge in [-0.05, 0) is 30.9 Å². The molecule has 0 saturated heterocycles. The van der Waals surface area contributed by atoms with Crippen LogP contribution in [0.2, 0.25) is 0 Å². The fraction of sp³-hybridized carbons (Fsp3) is 0.148. The summed E-state index contributed by atoms with van der Waals surface area (Å²) in [5.74, 6) is 0.724. The lowest BCUT2D eigenvalue weighted by atomic mass is 10.0. The summed E-state index contributed by atoms with van der Waals surface area (Å²) < 4.78 is 0. The minimum Gasteiger partial charge on any atom is -0.369 e. The molecular weight excluding hydrogens is 428 g/mol. The number of rotatable bonds is 6. The van der Waals surface area contributed by atoms with E-state index in [1.807, 2.05) is 42.5 Å². The number of fused-ring (bicyclic) bond motifs is 2. The number of aromatic nitrogens is 2. The van der Waals surface area contributed by atoms with Crippen molar-refractivity contribution < 1.29 is 4.79 Å². The van der Waals surface area contributed by atoms with Crippen molar-refractivity contribution >= 4 is 49.7 Å². The number of hydrogen-bond donors (Lipinski definition) is 2. The Hall–Kier alpha value is -3.77. The molecule has 5 aromatic rings. The number of carbonyl (C=O) groups excluding carboxylic acids is 1. The third-order valence-corrected chi connectivity index (χ3v) is 6.73. The first kappa shape index (κ1) is 21.1. The standard InChI is InChI=1S/C27H24N4OS/c1-17-10-12-20(13-11-17)24-18(2)33-27-25(24)26(29-16-30-27)28-15-14-23(32)31-22-9-5-7-19-6-3-4-8-21(19)22/h3-13,16H,14-15H2,1-2H3,(H,31,32)(H,28,29,30). The van der Waals surface area contributed by atoms with E-state index in [4.69, 9.17) is 0 Å². The zero-order valence-corrected chi connectivity index (χ0v) is 19.4. The highest BCUT2D eigenvalue weighted by Crippen LogP contribution is 2.40. The van der Waals surface area contributed by atoms with Crippen LogP contribution in [0.3, 0.4) is 0 Å². The van der Waals surface area contributed by atoms with Gasteiger partial charge in [0.2, 0.25) is 5.91 Å². The molecule has 3 aromatic carbocycles. The summed E-state index contributed by atoms with van der Waals surface area (Å²) in [5, 5.41) is 9.57. The lowest BCUT2D eigenvalue weighted by molar-refractivity contribution is -0.115. The molecule has 2 aromatic heterocycles. The van der Waals surface area contributed by atoms with E-state index >= 15 is 0 Å². The molecule has 0 atom stereocenters. The minimum absolute atomic E-state index is 0.0376. The molecule has 0 aliphatic heterocycles. The fourth-order valence-corrected chi connectivity index (χ4v) is 5.10. The molecule has 0 spiro atoms. The smallest absolute Gasteiger partial charge is 0.226 e. The van der Waals surface area contributed by atoms with E-state index in [9.17, 15) is 4.79 Å². The maximum Gasteiger partial charge on any atom is 0.226 e. The maximum atomic E-state index is 12.7. The molecule has 1 amide bonds. The van der Waals surface area contributed by atoms with Crippen LogP contribution in [0.4, 0.5) is 11.5 Å². The number of hydrogen-bond acceptors (Lipinski definition) is 5. The van der Waals surface area contributed by atoms with E-state index in [1.54, 1.807) is 17.7 Å². The first-order valence-electron chi connectivity index (χ1n) is 10.9. The Bertz CT molecular complexity index is 1450. The molecule has 0 unspecified atom stereocenters. The van der Waals surface area contributed by atoms with Gasteiger partial charge >= 0.3 is 0 Å². The number of carbonyl (C=O) groups is 1. The highest BCUT2D eigenvalue weighted by Gasteiger charge is 2.17. The summed E-state index contributed by atoms with van der Waals surface area (Å²) in [6.07, 6.45) is 1.91. The molecule has 164 valence electrons. The number of anilines is 2. The van der Waals surface area contributed by atoms with Crippen LogP contribution in [0.15, 0.2) is 73.1 Å². The SMILES string of the molecule is Cc1ccc(-c2c(C)sc3ncnc(NCCC(=O)Nc4cccc5ccccc45)c23)cc1. The van der Waals surface area contributed by atoms with Crippen LogP contribution in [-0.4, -0.2) is 22.4 Å². The molecule has 5 nitrogen and oxygen atoms in total. The predicted molar refractivity (Wildman–Crippen MR) is 138 cm³/mol. The highest BCUT2D eigenvalue weighted by atomic mass is 32.1. The van der Waals surface area contributed by atoms with Gasteiger partial charge in [0.15, 0.2) is 0 Å². The van der Waals surface area contributed by atoms with Gasteiger partial charge in [0.1, 0.15) is 17.0 Å². The Morgan fingerprint density at radius 2 is 1.73 bits per heavy atom. The van der Waals surface area contributed by atoms with E-state index in [-0.39, 0.29) is 5.91 Å².